The Hall–Kier alpha value is -2.93. The fourth-order valence-corrected chi connectivity index (χ4v) is 3.98. The van der Waals surface area contributed by atoms with Crippen LogP contribution < -0.4 is 11.1 Å². The van der Waals surface area contributed by atoms with Crippen LogP contribution in [0.25, 0.3) is 0 Å². The summed E-state index contributed by atoms with van der Waals surface area (Å²) in [6, 6.07) is 12.4. The summed E-state index contributed by atoms with van der Waals surface area (Å²) in [6.45, 7) is 0.0300. The molecule has 1 fully saturated rings. The predicted octanol–water partition coefficient (Wildman–Crippen LogP) is 2.46. The largest absolute Gasteiger partial charge is 0.369 e. The Labute approximate surface area is 179 Å². The van der Waals surface area contributed by atoms with E-state index in [4.69, 9.17) is 17.3 Å². The number of nitrogens with one attached hydrogen (secondary N) is 1. The highest BCUT2D eigenvalue weighted by Crippen LogP contribution is 2.37. The molecule has 3 rings (SSSR count). The van der Waals surface area contributed by atoms with Gasteiger partial charge < -0.3 is 16.0 Å². The number of carbonyl (C=O) groups excluding carboxylic acids is 3. The van der Waals surface area contributed by atoms with Gasteiger partial charge >= 0.3 is 0 Å². The fraction of sp³-hybridized carbons (Fsp3) is 0.318. The monoisotopic (exact) mass is 431 g/mol. The van der Waals surface area contributed by atoms with E-state index >= 15 is 0 Å². The lowest BCUT2D eigenvalue weighted by Gasteiger charge is -2.25. The van der Waals surface area contributed by atoms with Gasteiger partial charge in [-0.15, -0.1) is 0 Å². The van der Waals surface area contributed by atoms with Crippen LogP contribution in [0.5, 0.6) is 0 Å². The number of nitrogens with zero attached hydrogens (tertiary/aromatic N) is 1. The van der Waals surface area contributed by atoms with Gasteiger partial charge in [-0.05, 0) is 41.8 Å². The number of likely N-dealkylation sites (tertiary alicyclic amines) is 1. The van der Waals surface area contributed by atoms with E-state index in [1.54, 1.807) is 42.3 Å². The Balaban J connectivity index is 1.70. The Kier molecular flexibility index (Phi) is 6.72. The van der Waals surface area contributed by atoms with Crippen LogP contribution in [-0.4, -0.2) is 36.2 Å². The molecule has 6 nitrogen and oxygen atoms in total. The molecule has 1 aliphatic heterocycles. The fourth-order valence-electron chi connectivity index (χ4n) is 3.78. The number of primary amides is 1. The molecule has 3 atom stereocenters. The molecule has 2 aromatic carbocycles. The maximum Gasteiger partial charge on any atom is 0.226 e. The second kappa shape index (κ2) is 9.26. The van der Waals surface area contributed by atoms with Gasteiger partial charge in [0.15, 0.2) is 0 Å². The first-order chi connectivity index (χ1) is 14.3. The molecular formula is C22H23ClFN3O3. The maximum atomic E-state index is 13.1. The SMILES string of the molecule is CN1C(=O)CC(C(=O)NCC(Cc2ccc(F)cc2)C(N)=O)C1c1cccc(Cl)c1. The number of nitrogens with two attached hydrogens (primary N) is 1. The number of benzene rings is 2. The zero-order valence-corrected chi connectivity index (χ0v) is 17.2. The Morgan fingerprint density at radius 3 is 2.60 bits per heavy atom. The van der Waals surface area contributed by atoms with Gasteiger partial charge in [0.05, 0.1) is 17.9 Å². The lowest BCUT2D eigenvalue weighted by atomic mass is 9.92. The number of hydrogen-bond donors (Lipinski definition) is 2. The number of carbonyl (C=O) groups is 3. The zero-order valence-electron chi connectivity index (χ0n) is 16.5. The summed E-state index contributed by atoms with van der Waals surface area (Å²) in [6.07, 6.45) is 0.343. The molecule has 158 valence electrons. The van der Waals surface area contributed by atoms with Crippen molar-refractivity contribution in [2.45, 2.75) is 18.9 Å². The second-order valence-electron chi connectivity index (χ2n) is 7.49. The third-order valence-corrected chi connectivity index (χ3v) is 5.67. The lowest BCUT2D eigenvalue weighted by Crippen LogP contribution is -2.41. The quantitative estimate of drug-likeness (QED) is 0.705. The first-order valence-corrected chi connectivity index (χ1v) is 9.96. The molecule has 8 heteroatoms. The Morgan fingerprint density at radius 1 is 1.27 bits per heavy atom. The van der Waals surface area contributed by atoms with Crippen molar-refractivity contribution in [3.05, 3.63) is 70.5 Å². The summed E-state index contributed by atoms with van der Waals surface area (Å²) in [7, 11) is 1.65. The number of hydrogen-bond acceptors (Lipinski definition) is 3. The molecule has 3 N–H and O–H groups in total. The maximum absolute atomic E-state index is 13.1. The normalized spacial score (nSPS) is 19.6. The molecule has 0 saturated carbocycles. The molecule has 3 amide bonds. The van der Waals surface area contributed by atoms with E-state index in [-0.39, 0.29) is 37.0 Å². The van der Waals surface area contributed by atoms with Crippen molar-refractivity contribution >= 4 is 29.3 Å². The van der Waals surface area contributed by atoms with Gasteiger partial charge in [-0.2, -0.15) is 0 Å². The van der Waals surface area contributed by atoms with Crippen LogP contribution in [0.1, 0.15) is 23.6 Å². The van der Waals surface area contributed by atoms with Crippen LogP contribution in [0.3, 0.4) is 0 Å². The summed E-state index contributed by atoms with van der Waals surface area (Å²) in [5.74, 6) is -2.67. The highest BCUT2D eigenvalue weighted by Gasteiger charge is 2.42. The van der Waals surface area contributed by atoms with Crippen LogP contribution in [0.2, 0.25) is 5.02 Å². The van der Waals surface area contributed by atoms with Gasteiger partial charge in [-0.3, -0.25) is 14.4 Å². The molecule has 1 heterocycles. The minimum atomic E-state index is -0.654. The first-order valence-electron chi connectivity index (χ1n) is 9.59. The van der Waals surface area contributed by atoms with Crippen molar-refractivity contribution < 1.29 is 18.8 Å². The molecule has 3 unspecified atom stereocenters. The molecule has 0 aromatic heterocycles. The number of rotatable bonds is 7. The molecule has 0 aliphatic carbocycles. The summed E-state index contributed by atoms with van der Waals surface area (Å²) < 4.78 is 13.1. The van der Waals surface area contributed by atoms with E-state index in [1.165, 1.54) is 12.1 Å². The van der Waals surface area contributed by atoms with Crippen LogP contribution in [-0.2, 0) is 20.8 Å². The summed E-state index contributed by atoms with van der Waals surface area (Å²) >= 11 is 6.08. The van der Waals surface area contributed by atoms with Gasteiger partial charge in [-0.1, -0.05) is 35.9 Å². The van der Waals surface area contributed by atoms with Crippen molar-refractivity contribution in [1.82, 2.24) is 10.2 Å². The van der Waals surface area contributed by atoms with Crippen molar-refractivity contribution in [3.8, 4) is 0 Å². The highest BCUT2D eigenvalue weighted by atomic mass is 35.5. The van der Waals surface area contributed by atoms with Gasteiger partial charge in [0.25, 0.3) is 0 Å². The lowest BCUT2D eigenvalue weighted by molar-refractivity contribution is -0.128. The van der Waals surface area contributed by atoms with Gasteiger partial charge in [0.1, 0.15) is 5.82 Å². The van der Waals surface area contributed by atoms with Crippen molar-refractivity contribution in [2.75, 3.05) is 13.6 Å². The van der Waals surface area contributed by atoms with Crippen molar-refractivity contribution in [2.24, 2.45) is 17.6 Å². The van der Waals surface area contributed by atoms with Gasteiger partial charge in [-0.25, -0.2) is 4.39 Å². The smallest absolute Gasteiger partial charge is 0.226 e. The third-order valence-electron chi connectivity index (χ3n) is 5.43. The Bertz CT molecular complexity index is 951. The molecule has 0 radical (unpaired) electrons. The van der Waals surface area contributed by atoms with Crippen molar-refractivity contribution in [1.29, 1.82) is 0 Å². The topological polar surface area (TPSA) is 92.5 Å². The zero-order chi connectivity index (χ0) is 21.8. The first kappa shape index (κ1) is 21.8. The molecular weight excluding hydrogens is 409 g/mol. The standard InChI is InChI=1S/C22H23ClFN3O3/c1-27-19(28)11-18(20(27)14-3-2-4-16(23)10-14)22(30)26-12-15(21(25)29)9-13-5-7-17(24)8-6-13/h2-8,10,15,18,20H,9,11-12H2,1H3,(H2,25,29)(H,26,30). The highest BCUT2D eigenvalue weighted by molar-refractivity contribution is 6.30. The summed E-state index contributed by atoms with van der Waals surface area (Å²) in [4.78, 5) is 38.6. The second-order valence-corrected chi connectivity index (χ2v) is 7.93. The number of amides is 3. The van der Waals surface area contributed by atoms with Crippen molar-refractivity contribution in [3.63, 3.8) is 0 Å². The molecule has 1 saturated heterocycles. The molecule has 0 bridgehead atoms. The van der Waals surface area contributed by atoms with E-state index in [0.717, 1.165) is 11.1 Å². The van der Waals surface area contributed by atoms with Gasteiger partial charge in [0, 0.05) is 25.0 Å². The molecule has 0 spiro atoms. The summed E-state index contributed by atoms with van der Waals surface area (Å²) in [5, 5.41) is 3.29. The van der Waals surface area contributed by atoms with E-state index in [2.05, 4.69) is 5.32 Å². The number of halogens is 2. The van der Waals surface area contributed by atoms with E-state index < -0.39 is 23.8 Å². The minimum Gasteiger partial charge on any atom is -0.369 e. The molecule has 2 aromatic rings. The van der Waals surface area contributed by atoms with E-state index in [1.807, 2.05) is 6.07 Å². The van der Waals surface area contributed by atoms with Crippen LogP contribution in [0.4, 0.5) is 4.39 Å². The third kappa shape index (κ3) is 4.97. The average molecular weight is 432 g/mol. The predicted molar refractivity (Wildman–Crippen MR) is 111 cm³/mol. The van der Waals surface area contributed by atoms with E-state index in [9.17, 15) is 18.8 Å². The molecule has 1 aliphatic rings. The van der Waals surface area contributed by atoms with Crippen LogP contribution in [0.15, 0.2) is 48.5 Å². The average Bonchev–Trinajstić information content (AvgIpc) is 3.01. The van der Waals surface area contributed by atoms with E-state index in [0.29, 0.717) is 5.02 Å². The van der Waals surface area contributed by atoms with Crippen LogP contribution in [0, 0.1) is 17.7 Å². The minimum absolute atomic E-state index is 0.0300. The van der Waals surface area contributed by atoms with Gasteiger partial charge in [0.2, 0.25) is 17.7 Å². The Morgan fingerprint density at radius 2 is 1.97 bits per heavy atom. The molecule has 30 heavy (non-hydrogen) atoms. The summed E-state index contributed by atoms with van der Waals surface area (Å²) in [5.41, 5.74) is 7.00. The van der Waals surface area contributed by atoms with Crippen LogP contribution >= 0.6 is 11.6 Å².